The second-order valence-corrected chi connectivity index (χ2v) is 8.91. The van der Waals surface area contributed by atoms with E-state index in [1.54, 1.807) is 30.3 Å². The maximum absolute atomic E-state index is 13.5. The van der Waals surface area contributed by atoms with Crippen molar-refractivity contribution in [3.8, 4) is 5.69 Å². The molecule has 5 aromatic carbocycles. The molecule has 1 aromatic heterocycles. The van der Waals surface area contributed by atoms with Crippen LogP contribution in [-0.2, 0) is 0 Å². The highest BCUT2D eigenvalue weighted by Crippen LogP contribution is 2.33. The first-order chi connectivity index (χ1) is 18.2. The van der Waals surface area contributed by atoms with Crippen LogP contribution in [0.1, 0.15) is 26.3 Å². The second-order valence-electron chi connectivity index (χ2n) is 8.91. The molecule has 0 spiro atoms. The molecule has 0 saturated carbocycles. The van der Waals surface area contributed by atoms with Crippen molar-refractivity contribution >= 4 is 39.4 Å². The van der Waals surface area contributed by atoms with E-state index in [-0.39, 0.29) is 17.1 Å². The number of hydrogen-bond donors (Lipinski definition) is 0. The fourth-order valence-electron chi connectivity index (χ4n) is 4.83. The van der Waals surface area contributed by atoms with Crippen LogP contribution in [0.15, 0.2) is 139 Å². The number of fused-ring (bicyclic) bond motifs is 3. The van der Waals surface area contributed by atoms with Gasteiger partial charge in [-0.25, -0.2) is 0 Å². The summed E-state index contributed by atoms with van der Waals surface area (Å²) in [6.07, 6.45) is 1.72. The SMILES string of the molecule is O=C(C(=Cc1ccc2c(c1)c1ccccc1n2-c1ccccc1)C(=O)c1ccccc1)c1ccccc1. The minimum atomic E-state index is -0.290. The maximum atomic E-state index is 13.5. The Hall–Kier alpha value is -5.02. The fraction of sp³-hybridized carbons (Fsp3) is 0. The van der Waals surface area contributed by atoms with Crippen molar-refractivity contribution in [2.24, 2.45) is 0 Å². The van der Waals surface area contributed by atoms with Gasteiger partial charge in [0, 0.05) is 27.6 Å². The molecule has 176 valence electrons. The van der Waals surface area contributed by atoms with Crippen LogP contribution >= 0.6 is 0 Å². The van der Waals surface area contributed by atoms with Gasteiger partial charge in [-0.05, 0) is 42.0 Å². The highest BCUT2D eigenvalue weighted by molar-refractivity contribution is 6.33. The van der Waals surface area contributed by atoms with Crippen molar-refractivity contribution in [1.29, 1.82) is 0 Å². The molecule has 0 amide bonds. The molecule has 0 saturated heterocycles. The average Bonchev–Trinajstić information content (AvgIpc) is 3.30. The van der Waals surface area contributed by atoms with E-state index in [1.165, 1.54) is 0 Å². The Balaban J connectivity index is 1.54. The van der Waals surface area contributed by atoms with Gasteiger partial charge in [0.05, 0.1) is 16.6 Å². The molecule has 3 heteroatoms. The number of carbonyl (C=O) groups is 2. The molecule has 0 atom stereocenters. The van der Waals surface area contributed by atoms with Crippen LogP contribution in [-0.4, -0.2) is 16.1 Å². The molecule has 0 N–H and O–H groups in total. The summed E-state index contributed by atoms with van der Waals surface area (Å²) >= 11 is 0. The summed E-state index contributed by atoms with van der Waals surface area (Å²) in [5.74, 6) is -0.581. The maximum Gasteiger partial charge on any atom is 0.196 e. The summed E-state index contributed by atoms with van der Waals surface area (Å²) in [5.41, 5.74) is 5.16. The van der Waals surface area contributed by atoms with Crippen molar-refractivity contribution in [2.45, 2.75) is 0 Å². The highest BCUT2D eigenvalue weighted by Gasteiger charge is 2.21. The predicted molar refractivity (Wildman–Crippen MR) is 150 cm³/mol. The average molecular weight is 478 g/mol. The van der Waals surface area contributed by atoms with E-state index >= 15 is 0 Å². The topological polar surface area (TPSA) is 39.1 Å². The summed E-state index contributed by atoms with van der Waals surface area (Å²) in [5, 5.41) is 2.17. The molecule has 0 radical (unpaired) electrons. The third-order valence-corrected chi connectivity index (χ3v) is 6.58. The standard InChI is InChI=1S/C34H23NO2/c36-33(25-12-4-1-5-13-25)30(34(37)26-14-6-2-7-15-26)23-24-20-21-32-29(22-24)28-18-10-11-19-31(28)35(32)27-16-8-3-9-17-27/h1-23H. The summed E-state index contributed by atoms with van der Waals surface area (Å²) in [7, 11) is 0. The summed E-state index contributed by atoms with van der Waals surface area (Å²) < 4.78 is 2.24. The van der Waals surface area contributed by atoms with Crippen LogP contribution in [0.4, 0.5) is 0 Å². The van der Waals surface area contributed by atoms with Gasteiger partial charge in [0.2, 0.25) is 0 Å². The van der Waals surface area contributed by atoms with Crippen molar-refractivity contribution in [1.82, 2.24) is 4.57 Å². The fourth-order valence-corrected chi connectivity index (χ4v) is 4.83. The van der Waals surface area contributed by atoms with E-state index in [1.807, 2.05) is 72.8 Å². The lowest BCUT2D eigenvalue weighted by molar-refractivity contribution is 0.0964. The zero-order valence-corrected chi connectivity index (χ0v) is 20.0. The third-order valence-electron chi connectivity index (χ3n) is 6.58. The number of ketones is 2. The number of aromatic nitrogens is 1. The minimum Gasteiger partial charge on any atom is -0.309 e. The van der Waals surface area contributed by atoms with Gasteiger partial charge >= 0.3 is 0 Å². The van der Waals surface area contributed by atoms with Gasteiger partial charge < -0.3 is 4.57 Å². The van der Waals surface area contributed by atoms with Gasteiger partial charge in [-0.3, -0.25) is 9.59 Å². The summed E-state index contributed by atoms with van der Waals surface area (Å²) in [6.45, 7) is 0. The molecule has 0 aliphatic rings. The van der Waals surface area contributed by atoms with Gasteiger partial charge in [0.15, 0.2) is 11.6 Å². The number of allylic oxidation sites excluding steroid dienone is 1. The predicted octanol–water partition coefficient (Wildman–Crippen LogP) is 7.93. The van der Waals surface area contributed by atoms with Gasteiger partial charge in [0.1, 0.15) is 0 Å². The van der Waals surface area contributed by atoms with Crippen molar-refractivity contribution in [3.63, 3.8) is 0 Å². The number of nitrogens with zero attached hydrogens (tertiary/aromatic N) is 1. The molecule has 1 heterocycles. The van der Waals surface area contributed by atoms with Crippen LogP contribution in [0.3, 0.4) is 0 Å². The molecule has 0 unspecified atom stereocenters. The van der Waals surface area contributed by atoms with Crippen molar-refractivity contribution < 1.29 is 9.59 Å². The van der Waals surface area contributed by atoms with E-state index in [4.69, 9.17) is 0 Å². The Kier molecular flexibility index (Phi) is 5.80. The van der Waals surface area contributed by atoms with Gasteiger partial charge in [0.25, 0.3) is 0 Å². The number of para-hydroxylation sites is 2. The Morgan fingerprint density at radius 3 is 1.65 bits per heavy atom. The van der Waals surface area contributed by atoms with Crippen LogP contribution in [0.2, 0.25) is 0 Å². The molecule has 37 heavy (non-hydrogen) atoms. The summed E-state index contributed by atoms with van der Waals surface area (Å²) in [4.78, 5) is 27.1. The Bertz CT molecular complexity index is 1730. The summed E-state index contributed by atoms with van der Waals surface area (Å²) in [6, 6.07) is 42.5. The highest BCUT2D eigenvalue weighted by atomic mass is 16.1. The second kappa shape index (κ2) is 9.56. The van der Waals surface area contributed by atoms with E-state index in [2.05, 4.69) is 41.0 Å². The van der Waals surface area contributed by atoms with Crippen LogP contribution in [0.5, 0.6) is 0 Å². The number of benzene rings is 5. The van der Waals surface area contributed by atoms with E-state index in [9.17, 15) is 9.59 Å². The molecule has 0 bridgehead atoms. The molecule has 0 aliphatic heterocycles. The number of Topliss-reactive ketones (excluding diaryl/α,β-unsaturated/α-hetero) is 2. The minimum absolute atomic E-state index is 0.142. The van der Waals surface area contributed by atoms with Gasteiger partial charge in [-0.1, -0.05) is 103 Å². The molecule has 0 fully saturated rings. The zero-order chi connectivity index (χ0) is 25.2. The number of hydrogen-bond acceptors (Lipinski definition) is 2. The number of carbonyl (C=O) groups excluding carboxylic acids is 2. The van der Waals surface area contributed by atoms with Gasteiger partial charge in [-0.15, -0.1) is 0 Å². The molecular formula is C34H23NO2. The Morgan fingerprint density at radius 1 is 0.514 bits per heavy atom. The van der Waals surface area contributed by atoms with Crippen LogP contribution < -0.4 is 0 Å². The van der Waals surface area contributed by atoms with E-state index in [0.29, 0.717) is 11.1 Å². The molecule has 0 aliphatic carbocycles. The van der Waals surface area contributed by atoms with Crippen LogP contribution in [0.25, 0.3) is 33.6 Å². The first kappa shape index (κ1) is 22.4. The lowest BCUT2D eigenvalue weighted by Crippen LogP contribution is -2.13. The molecular weight excluding hydrogens is 454 g/mol. The lowest BCUT2D eigenvalue weighted by atomic mass is 9.93. The quantitative estimate of drug-likeness (QED) is 0.106. The van der Waals surface area contributed by atoms with Gasteiger partial charge in [-0.2, -0.15) is 0 Å². The molecule has 6 rings (SSSR count). The first-order valence-electron chi connectivity index (χ1n) is 12.2. The van der Waals surface area contributed by atoms with E-state index in [0.717, 1.165) is 33.1 Å². The Morgan fingerprint density at radius 2 is 1.03 bits per heavy atom. The largest absolute Gasteiger partial charge is 0.309 e. The van der Waals surface area contributed by atoms with Crippen molar-refractivity contribution in [3.05, 3.63) is 156 Å². The van der Waals surface area contributed by atoms with Crippen molar-refractivity contribution in [2.75, 3.05) is 0 Å². The third kappa shape index (κ3) is 4.17. The first-order valence-corrected chi connectivity index (χ1v) is 12.2. The Labute approximate surface area is 214 Å². The zero-order valence-electron chi connectivity index (χ0n) is 20.0. The monoisotopic (exact) mass is 477 g/mol. The van der Waals surface area contributed by atoms with Crippen LogP contribution in [0, 0.1) is 0 Å². The lowest BCUT2D eigenvalue weighted by Gasteiger charge is -2.09. The smallest absolute Gasteiger partial charge is 0.196 e. The molecule has 3 nitrogen and oxygen atoms in total. The molecule has 6 aromatic rings. The normalized spacial score (nSPS) is 10.9. The van der Waals surface area contributed by atoms with E-state index < -0.39 is 0 Å². The number of rotatable bonds is 6.